The van der Waals surface area contributed by atoms with E-state index < -0.39 is 39.6 Å². The predicted molar refractivity (Wildman–Crippen MR) is 103 cm³/mol. The van der Waals surface area contributed by atoms with Crippen LogP contribution in [0.1, 0.15) is 37.9 Å². The second kappa shape index (κ2) is 8.79. The number of sulfonamides is 1. The van der Waals surface area contributed by atoms with Crippen LogP contribution >= 0.6 is 0 Å². The highest BCUT2D eigenvalue weighted by atomic mass is 32.2. The molecule has 2 aromatic carbocycles. The summed E-state index contributed by atoms with van der Waals surface area (Å²) in [6, 6.07) is 7.97. The van der Waals surface area contributed by atoms with Gasteiger partial charge in [0.15, 0.2) is 11.6 Å². The van der Waals surface area contributed by atoms with Crippen LogP contribution in [0.4, 0.5) is 8.78 Å². The SMILES string of the molecule is Cc1ccc(S(=O)(=O)N[C@H](C(=O)N[C@@H](C)c2ccc(F)c(F)c2)C(C)C)cc1. The maximum atomic E-state index is 13.4. The van der Waals surface area contributed by atoms with Crippen molar-refractivity contribution in [2.75, 3.05) is 0 Å². The molecule has 28 heavy (non-hydrogen) atoms. The third kappa shape index (κ3) is 5.36. The van der Waals surface area contributed by atoms with Crippen LogP contribution in [-0.4, -0.2) is 20.4 Å². The molecule has 0 heterocycles. The third-order valence-electron chi connectivity index (χ3n) is 4.36. The Labute approximate surface area is 164 Å². The molecule has 0 spiro atoms. The maximum Gasteiger partial charge on any atom is 0.241 e. The van der Waals surface area contributed by atoms with E-state index in [0.717, 1.165) is 17.7 Å². The molecular weight excluding hydrogens is 386 g/mol. The normalized spacial score (nSPS) is 14.0. The molecule has 2 aromatic rings. The number of benzene rings is 2. The molecule has 2 rings (SSSR count). The van der Waals surface area contributed by atoms with Crippen molar-refractivity contribution in [3.05, 3.63) is 65.2 Å². The summed E-state index contributed by atoms with van der Waals surface area (Å²) in [6.45, 7) is 6.87. The molecule has 1 amide bonds. The molecule has 0 saturated carbocycles. The van der Waals surface area contributed by atoms with Crippen LogP contribution in [0.15, 0.2) is 47.4 Å². The molecule has 0 aliphatic rings. The van der Waals surface area contributed by atoms with Crippen LogP contribution in [-0.2, 0) is 14.8 Å². The highest BCUT2D eigenvalue weighted by Crippen LogP contribution is 2.18. The van der Waals surface area contributed by atoms with Crippen molar-refractivity contribution < 1.29 is 22.0 Å². The van der Waals surface area contributed by atoms with Crippen molar-refractivity contribution in [2.24, 2.45) is 5.92 Å². The Hall–Kier alpha value is -2.32. The molecule has 0 aliphatic carbocycles. The van der Waals surface area contributed by atoms with Crippen molar-refractivity contribution >= 4 is 15.9 Å². The summed E-state index contributed by atoms with van der Waals surface area (Å²) in [5.41, 5.74) is 1.29. The first kappa shape index (κ1) is 22.0. The average molecular weight is 410 g/mol. The fourth-order valence-corrected chi connectivity index (χ4v) is 3.96. The van der Waals surface area contributed by atoms with E-state index in [2.05, 4.69) is 10.0 Å². The molecule has 0 aromatic heterocycles. The van der Waals surface area contributed by atoms with Gasteiger partial charge in [0, 0.05) is 0 Å². The first-order valence-electron chi connectivity index (χ1n) is 8.85. The van der Waals surface area contributed by atoms with Crippen molar-refractivity contribution in [3.8, 4) is 0 Å². The van der Waals surface area contributed by atoms with Crippen molar-refractivity contribution in [1.82, 2.24) is 10.0 Å². The number of hydrogen-bond donors (Lipinski definition) is 2. The van der Waals surface area contributed by atoms with E-state index in [1.54, 1.807) is 32.9 Å². The summed E-state index contributed by atoms with van der Waals surface area (Å²) in [5.74, 6) is -2.88. The monoisotopic (exact) mass is 410 g/mol. The van der Waals surface area contributed by atoms with Crippen molar-refractivity contribution in [2.45, 2.75) is 44.7 Å². The Morgan fingerprint density at radius 2 is 1.57 bits per heavy atom. The van der Waals surface area contributed by atoms with Crippen LogP contribution in [0.5, 0.6) is 0 Å². The molecular formula is C20H24F2N2O3S. The lowest BCUT2D eigenvalue weighted by atomic mass is 10.0. The third-order valence-corrected chi connectivity index (χ3v) is 5.82. The van der Waals surface area contributed by atoms with Crippen LogP contribution in [0.3, 0.4) is 0 Å². The molecule has 0 fully saturated rings. The van der Waals surface area contributed by atoms with E-state index in [1.807, 2.05) is 6.92 Å². The lowest BCUT2D eigenvalue weighted by Crippen LogP contribution is -2.50. The zero-order valence-electron chi connectivity index (χ0n) is 16.2. The van der Waals surface area contributed by atoms with E-state index in [9.17, 15) is 22.0 Å². The molecule has 0 radical (unpaired) electrons. The Morgan fingerprint density at radius 1 is 0.964 bits per heavy atom. The molecule has 2 atom stereocenters. The first-order chi connectivity index (χ1) is 13.0. The van der Waals surface area contributed by atoms with E-state index in [4.69, 9.17) is 0 Å². The van der Waals surface area contributed by atoms with Gasteiger partial charge in [-0.1, -0.05) is 37.6 Å². The minimum atomic E-state index is -3.90. The molecule has 8 heteroatoms. The summed E-state index contributed by atoms with van der Waals surface area (Å²) in [4.78, 5) is 12.7. The van der Waals surface area contributed by atoms with Gasteiger partial charge in [-0.15, -0.1) is 0 Å². The van der Waals surface area contributed by atoms with Gasteiger partial charge in [-0.3, -0.25) is 4.79 Å². The zero-order valence-corrected chi connectivity index (χ0v) is 17.0. The van der Waals surface area contributed by atoms with Gasteiger partial charge in [-0.2, -0.15) is 4.72 Å². The lowest BCUT2D eigenvalue weighted by molar-refractivity contribution is -0.124. The standard InChI is InChI=1S/C20H24F2N2O3S/c1-12(2)19(24-28(26,27)16-8-5-13(3)6-9-16)20(25)23-14(4)15-7-10-17(21)18(22)11-15/h5-12,14,19,24H,1-4H3,(H,23,25)/t14-,19-/m0/s1. The number of hydrogen-bond acceptors (Lipinski definition) is 3. The van der Waals surface area contributed by atoms with Crippen molar-refractivity contribution in [1.29, 1.82) is 0 Å². The fourth-order valence-electron chi connectivity index (χ4n) is 2.61. The van der Waals surface area contributed by atoms with Crippen LogP contribution < -0.4 is 10.0 Å². The summed E-state index contributed by atoms with van der Waals surface area (Å²) in [7, 11) is -3.90. The zero-order chi connectivity index (χ0) is 21.1. The van der Waals surface area contributed by atoms with E-state index in [-0.39, 0.29) is 10.8 Å². The predicted octanol–water partition coefficient (Wildman–Crippen LogP) is 3.45. The molecule has 5 nitrogen and oxygen atoms in total. The molecule has 152 valence electrons. The Bertz CT molecular complexity index is 944. The number of halogens is 2. The number of carbonyl (C=O) groups excluding carboxylic acids is 1. The Balaban J connectivity index is 2.17. The van der Waals surface area contributed by atoms with Gasteiger partial charge in [-0.25, -0.2) is 17.2 Å². The highest BCUT2D eigenvalue weighted by Gasteiger charge is 2.29. The topological polar surface area (TPSA) is 75.3 Å². The smallest absolute Gasteiger partial charge is 0.241 e. The van der Waals surface area contributed by atoms with Gasteiger partial charge in [0.2, 0.25) is 15.9 Å². The second-order valence-corrected chi connectivity index (χ2v) is 8.77. The van der Waals surface area contributed by atoms with Gasteiger partial charge >= 0.3 is 0 Å². The van der Waals surface area contributed by atoms with Crippen LogP contribution in [0, 0.1) is 24.5 Å². The van der Waals surface area contributed by atoms with Gasteiger partial charge in [-0.05, 0) is 49.6 Å². The van der Waals surface area contributed by atoms with E-state index >= 15 is 0 Å². The number of aryl methyl sites for hydroxylation is 1. The number of rotatable bonds is 7. The molecule has 0 saturated heterocycles. The van der Waals surface area contributed by atoms with Crippen molar-refractivity contribution in [3.63, 3.8) is 0 Å². The van der Waals surface area contributed by atoms with Gasteiger partial charge in [0.1, 0.15) is 6.04 Å². The Morgan fingerprint density at radius 3 is 2.11 bits per heavy atom. The van der Waals surface area contributed by atoms with E-state index in [0.29, 0.717) is 5.56 Å². The molecule has 0 bridgehead atoms. The fraction of sp³-hybridized carbons (Fsp3) is 0.350. The number of amides is 1. The highest BCUT2D eigenvalue weighted by molar-refractivity contribution is 7.89. The first-order valence-corrected chi connectivity index (χ1v) is 10.3. The summed E-state index contributed by atoms with van der Waals surface area (Å²) in [5, 5.41) is 2.65. The average Bonchev–Trinajstić information content (AvgIpc) is 2.62. The lowest BCUT2D eigenvalue weighted by Gasteiger charge is -2.24. The van der Waals surface area contributed by atoms with Crippen LogP contribution in [0.2, 0.25) is 0 Å². The molecule has 0 aliphatic heterocycles. The summed E-state index contributed by atoms with van der Waals surface area (Å²) < 4.78 is 54.2. The minimum absolute atomic E-state index is 0.0604. The maximum absolute atomic E-state index is 13.4. The van der Waals surface area contributed by atoms with Crippen LogP contribution in [0.25, 0.3) is 0 Å². The second-order valence-electron chi connectivity index (χ2n) is 7.06. The largest absolute Gasteiger partial charge is 0.348 e. The molecule has 0 unspecified atom stereocenters. The number of nitrogens with one attached hydrogen (secondary N) is 2. The Kier molecular flexibility index (Phi) is 6.90. The minimum Gasteiger partial charge on any atom is -0.348 e. The van der Waals surface area contributed by atoms with Gasteiger partial charge in [0.25, 0.3) is 0 Å². The van der Waals surface area contributed by atoms with E-state index in [1.165, 1.54) is 18.2 Å². The summed E-state index contributed by atoms with van der Waals surface area (Å²) in [6.07, 6.45) is 0. The number of carbonyl (C=O) groups is 1. The van der Waals surface area contributed by atoms with Gasteiger partial charge < -0.3 is 5.32 Å². The quantitative estimate of drug-likeness (QED) is 0.734. The van der Waals surface area contributed by atoms with Gasteiger partial charge in [0.05, 0.1) is 10.9 Å². The molecule has 2 N–H and O–H groups in total. The summed E-state index contributed by atoms with van der Waals surface area (Å²) >= 11 is 0.